The van der Waals surface area contributed by atoms with Crippen molar-refractivity contribution in [3.05, 3.63) is 35.9 Å². The summed E-state index contributed by atoms with van der Waals surface area (Å²) in [5.74, 6) is 0.555. The predicted octanol–water partition coefficient (Wildman–Crippen LogP) is 3.57. The maximum atomic E-state index is 13.2. The van der Waals surface area contributed by atoms with Crippen molar-refractivity contribution in [2.45, 2.75) is 51.2 Å². The van der Waals surface area contributed by atoms with Crippen LogP contribution in [0.15, 0.2) is 30.3 Å². The number of carbonyl (C=O) groups excluding carboxylic acids is 1. The van der Waals surface area contributed by atoms with Crippen LogP contribution in [0.5, 0.6) is 0 Å². The molecule has 0 aromatic heterocycles. The third-order valence-electron chi connectivity index (χ3n) is 5.15. The van der Waals surface area contributed by atoms with Crippen molar-refractivity contribution in [1.82, 2.24) is 4.90 Å². The van der Waals surface area contributed by atoms with Crippen molar-refractivity contribution in [3.63, 3.8) is 0 Å². The van der Waals surface area contributed by atoms with Crippen LogP contribution in [0.2, 0.25) is 0 Å². The Morgan fingerprint density at radius 2 is 2.00 bits per heavy atom. The molecular formula is C20H29NO3. The first-order valence-corrected chi connectivity index (χ1v) is 9.35. The Labute approximate surface area is 145 Å². The number of benzene rings is 1. The molecule has 0 unspecified atom stereocenters. The molecule has 0 bridgehead atoms. The Morgan fingerprint density at radius 3 is 2.62 bits per heavy atom. The number of nitrogens with zero attached hydrogens (tertiary/aromatic N) is 1. The maximum Gasteiger partial charge on any atom is 0.256 e. The first-order valence-electron chi connectivity index (χ1n) is 9.35. The summed E-state index contributed by atoms with van der Waals surface area (Å²) in [4.78, 5) is 15.2. The van der Waals surface area contributed by atoms with E-state index in [-0.39, 0.29) is 12.0 Å². The molecule has 0 spiro atoms. The molecule has 1 aliphatic carbocycles. The van der Waals surface area contributed by atoms with Gasteiger partial charge in [0.25, 0.3) is 5.91 Å². The van der Waals surface area contributed by atoms with Gasteiger partial charge in [-0.1, -0.05) is 43.2 Å². The largest absolute Gasteiger partial charge is 0.381 e. The van der Waals surface area contributed by atoms with Gasteiger partial charge in [0.1, 0.15) is 0 Å². The molecule has 2 aliphatic rings. The zero-order chi connectivity index (χ0) is 16.8. The van der Waals surface area contributed by atoms with E-state index in [0.717, 1.165) is 44.6 Å². The molecule has 1 aromatic carbocycles. The van der Waals surface area contributed by atoms with Gasteiger partial charge < -0.3 is 14.4 Å². The molecule has 2 atom stereocenters. The van der Waals surface area contributed by atoms with E-state index in [9.17, 15) is 4.79 Å². The average Bonchev–Trinajstić information content (AvgIpc) is 3.31. The number of carbonyl (C=O) groups is 1. The highest BCUT2D eigenvalue weighted by Gasteiger charge is 2.31. The molecule has 1 saturated carbocycles. The molecule has 0 N–H and O–H groups in total. The highest BCUT2D eigenvalue weighted by atomic mass is 16.5. The van der Waals surface area contributed by atoms with Crippen LogP contribution in [0.1, 0.15) is 50.7 Å². The Kier molecular flexibility index (Phi) is 6.27. The number of ether oxygens (including phenoxy) is 2. The van der Waals surface area contributed by atoms with E-state index in [1.54, 1.807) is 0 Å². The van der Waals surface area contributed by atoms with Gasteiger partial charge in [-0.25, -0.2) is 0 Å². The molecule has 132 valence electrons. The van der Waals surface area contributed by atoms with E-state index in [4.69, 9.17) is 9.47 Å². The first kappa shape index (κ1) is 17.4. The predicted molar refractivity (Wildman–Crippen MR) is 93.7 cm³/mol. The summed E-state index contributed by atoms with van der Waals surface area (Å²) in [6, 6.07) is 9.95. The van der Waals surface area contributed by atoms with Crippen LogP contribution in [0.4, 0.5) is 0 Å². The minimum absolute atomic E-state index is 0.0995. The van der Waals surface area contributed by atoms with Gasteiger partial charge in [0, 0.05) is 25.6 Å². The van der Waals surface area contributed by atoms with Gasteiger partial charge in [0.15, 0.2) is 6.10 Å². The molecule has 4 nitrogen and oxygen atoms in total. The van der Waals surface area contributed by atoms with Crippen molar-refractivity contribution in [1.29, 1.82) is 0 Å². The molecule has 2 fully saturated rings. The zero-order valence-electron chi connectivity index (χ0n) is 14.7. The van der Waals surface area contributed by atoms with Crippen molar-refractivity contribution in [2.24, 2.45) is 5.92 Å². The second-order valence-corrected chi connectivity index (χ2v) is 6.94. The minimum Gasteiger partial charge on any atom is -0.381 e. The molecule has 1 amide bonds. The van der Waals surface area contributed by atoms with Crippen LogP contribution >= 0.6 is 0 Å². The van der Waals surface area contributed by atoms with Gasteiger partial charge in [-0.2, -0.15) is 0 Å². The fourth-order valence-corrected chi connectivity index (χ4v) is 3.70. The fraction of sp³-hybridized carbons (Fsp3) is 0.650. The Morgan fingerprint density at radius 1 is 1.25 bits per heavy atom. The normalized spacial score (nSPS) is 22.6. The number of rotatable bonds is 7. The topological polar surface area (TPSA) is 38.8 Å². The number of hydrogen-bond donors (Lipinski definition) is 0. The summed E-state index contributed by atoms with van der Waals surface area (Å²) in [5.41, 5.74) is 0.968. The lowest BCUT2D eigenvalue weighted by atomic mass is 10.1. The van der Waals surface area contributed by atoms with E-state index in [1.165, 1.54) is 12.8 Å². The number of hydrogen-bond acceptors (Lipinski definition) is 3. The quantitative estimate of drug-likeness (QED) is 0.767. The summed E-state index contributed by atoms with van der Waals surface area (Å²) >= 11 is 0. The Hall–Kier alpha value is -1.39. The van der Waals surface area contributed by atoms with E-state index >= 15 is 0 Å². The monoisotopic (exact) mass is 331 g/mol. The van der Waals surface area contributed by atoms with E-state index < -0.39 is 6.10 Å². The molecule has 24 heavy (non-hydrogen) atoms. The summed E-state index contributed by atoms with van der Waals surface area (Å²) in [6.45, 7) is 5.12. The minimum atomic E-state index is -0.475. The Bertz CT molecular complexity index is 507. The Balaban J connectivity index is 1.73. The van der Waals surface area contributed by atoms with Crippen molar-refractivity contribution in [2.75, 3.05) is 26.3 Å². The fourth-order valence-electron chi connectivity index (χ4n) is 3.70. The summed E-state index contributed by atoms with van der Waals surface area (Å²) in [7, 11) is 0. The molecular weight excluding hydrogens is 302 g/mol. The van der Waals surface area contributed by atoms with Gasteiger partial charge in [-0.3, -0.25) is 4.79 Å². The second-order valence-electron chi connectivity index (χ2n) is 6.94. The van der Waals surface area contributed by atoms with Crippen molar-refractivity contribution < 1.29 is 14.3 Å². The average molecular weight is 331 g/mol. The molecule has 0 radical (unpaired) electrons. The highest BCUT2D eigenvalue weighted by molar-refractivity contribution is 5.82. The zero-order valence-corrected chi connectivity index (χ0v) is 14.7. The van der Waals surface area contributed by atoms with Gasteiger partial charge in [-0.15, -0.1) is 0 Å². The SMILES string of the molecule is CCN(C[C@H]1CCOC1)C(=O)[C@@H](OC1CCCC1)c1ccccc1. The van der Waals surface area contributed by atoms with Crippen LogP contribution in [0, 0.1) is 5.92 Å². The maximum absolute atomic E-state index is 13.2. The molecule has 1 aromatic rings. The first-order chi connectivity index (χ1) is 11.8. The van der Waals surface area contributed by atoms with Crippen LogP contribution in [0.25, 0.3) is 0 Å². The smallest absolute Gasteiger partial charge is 0.256 e. The van der Waals surface area contributed by atoms with Crippen molar-refractivity contribution in [3.8, 4) is 0 Å². The second kappa shape index (κ2) is 8.63. The number of amides is 1. The lowest BCUT2D eigenvalue weighted by Crippen LogP contribution is -2.40. The number of likely N-dealkylation sites (N-methyl/N-ethyl adjacent to an activating group) is 1. The van der Waals surface area contributed by atoms with Gasteiger partial charge in [0.2, 0.25) is 0 Å². The summed E-state index contributed by atoms with van der Waals surface area (Å²) in [6.07, 6.45) is 5.33. The lowest BCUT2D eigenvalue weighted by molar-refractivity contribution is -0.148. The highest BCUT2D eigenvalue weighted by Crippen LogP contribution is 2.29. The third kappa shape index (κ3) is 4.37. The third-order valence-corrected chi connectivity index (χ3v) is 5.15. The van der Waals surface area contributed by atoms with E-state index in [2.05, 4.69) is 0 Å². The molecule has 1 aliphatic heterocycles. The van der Waals surface area contributed by atoms with Crippen molar-refractivity contribution >= 4 is 5.91 Å². The standard InChI is InChI=1S/C20H29NO3/c1-2-21(14-16-12-13-23-15-16)20(22)19(17-8-4-3-5-9-17)24-18-10-6-7-11-18/h3-5,8-9,16,18-19H,2,6-7,10-15H2,1H3/t16-,19+/m1/s1. The van der Waals surface area contributed by atoms with Crippen LogP contribution in [0.3, 0.4) is 0 Å². The van der Waals surface area contributed by atoms with Crippen LogP contribution in [-0.4, -0.2) is 43.2 Å². The molecule has 3 rings (SSSR count). The lowest BCUT2D eigenvalue weighted by Gasteiger charge is -2.30. The van der Waals surface area contributed by atoms with E-state index in [0.29, 0.717) is 12.5 Å². The van der Waals surface area contributed by atoms with Gasteiger partial charge in [-0.05, 0) is 31.7 Å². The van der Waals surface area contributed by atoms with Crippen LogP contribution < -0.4 is 0 Å². The summed E-state index contributed by atoms with van der Waals surface area (Å²) < 4.78 is 11.7. The van der Waals surface area contributed by atoms with Gasteiger partial charge in [0.05, 0.1) is 12.7 Å². The molecule has 1 heterocycles. The summed E-state index contributed by atoms with van der Waals surface area (Å²) in [5, 5.41) is 0. The molecule has 1 saturated heterocycles. The van der Waals surface area contributed by atoms with Crippen LogP contribution in [-0.2, 0) is 14.3 Å². The van der Waals surface area contributed by atoms with Gasteiger partial charge >= 0.3 is 0 Å². The molecule has 4 heteroatoms. The van der Waals surface area contributed by atoms with E-state index in [1.807, 2.05) is 42.2 Å².